The number of hydrogen-bond donors (Lipinski definition) is 1. The second-order valence-corrected chi connectivity index (χ2v) is 8.69. The Morgan fingerprint density at radius 2 is 1.71 bits per heavy atom. The summed E-state index contributed by atoms with van der Waals surface area (Å²) < 4.78 is 38.4. The molecule has 2 amide bonds. The predicted molar refractivity (Wildman–Crippen MR) is 120 cm³/mol. The van der Waals surface area contributed by atoms with Crippen molar-refractivity contribution in [1.82, 2.24) is 10.3 Å². The second-order valence-electron chi connectivity index (χ2n) is 7.09. The quantitative estimate of drug-likeness (QED) is 0.252. The molecule has 0 saturated heterocycles. The summed E-state index contributed by atoms with van der Waals surface area (Å²) in [5.41, 5.74) is 0.141. The van der Waals surface area contributed by atoms with Crippen molar-refractivity contribution in [2.45, 2.75) is 38.2 Å². The first kappa shape index (κ1) is 29.7. The molecule has 0 fully saturated rings. The topological polar surface area (TPSA) is 143 Å². The Morgan fingerprint density at radius 1 is 1.06 bits per heavy atom. The first-order valence-corrected chi connectivity index (χ1v) is 11.7. The standard InChI is InChI=1S/C22H27N3O7S.Na/c1-4-31-13-5-12-23-20(26)16-6-9-18(10-7-16)33(29,30)25-21(27)17-8-11-19(24-14-17)22(28)32-15(2)3;/h6-11,14-15H,4-5,12-13H2,1-3H3,(H2,23,25,26,27);/q;+1/p-1. The maximum absolute atomic E-state index is 12.5. The number of nitrogens with zero attached hydrogens (tertiary/aromatic N) is 2. The van der Waals surface area contributed by atoms with Crippen LogP contribution in [0.3, 0.4) is 0 Å². The van der Waals surface area contributed by atoms with Crippen LogP contribution in [0.2, 0.25) is 0 Å². The van der Waals surface area contributed by atoms with E-state index in [0.717, 1.165) is 6.20 Å². The number of pyridine rings is 1. The fraction of sp³-hybridized carbons (Fsp3) is 0.364. The van der Waals surface area contributed by atoms with Crippen molar-refractivity contribution in [2.75, 3.05) is 19.8 Å². The summed E-state index contributed by atoms with van der Waals surface area (Å²) in [7, 11) is -4.31. The zero-order chi connectivity index (χ0) is 24.4. The molecule has 0 aliphatic carbocycles. The number of hydrogen-bond acceptors (Lipinski definition) is 8. The van der Waals surface area contributed by atoms with Gasteiger partial charge in [-0.1, -0.05) is 0 Å². The third kappa shape index (κ3) is 9.15. The van der Waals surface area contributed by atoms with Gasteiger partial charge in [-0.3, -0.25) is 4.79 Å². The molecule has 0 atom stereocenters. The summed E-state index contributed by atoms with van der Waals surface area (Å²) in [4.78, 5) is 39.8. The Balaban J connectivity index is 0.00000578. The summed E-state index contributed by atoms with van der Waals surface area (Å²) in [5, 5.41) is 2.71. The van der Waals surface area contributed by atoms with Crippen LogP contribution in [0.4, 0.5) is 0 Å². The van der Waals surface area contributed by atoms with Crippen LogP contribution in [0, 0.1) is 0 Å². The van der Waals surface area contributed by atoms with Gasteiger partial charge in [0.25, 0.3) is 5.91 Å². The normalized spacial score (nSPS) is 10.8. The smallest absolute Gasteiger partial charge is 0.538 e. The van der Waals surface area contributed by atoms with Gasteiger partial charge < -0.3 is 24.3 Å². The van der Waals surface area contributed by atoms with Crippen LogP contribution < -0.4 is 34.9 Å². The largest absolute Gasteiger partial charge is 1.00 e. The van der Waals surface area contributed by atoms with E-state index in [4.69, 9.17) is 9.47 Å². The van der Waals surface area contributed by atoms with Gasteiger partial charge in [0.05, 0.1) is 16.9 Å². The van der Waals surface area contributed by atoms with Gasteiger partial charge in [-0.05, 0) is 63.6 Å². The van der Waals surface area contributed by atoms with E-state index in [1.165, 1.54) is 36.4 Å². The summed E-state index contributed by atoms with van der Waals surface area (Å²) in [5.74, 6) is -2.06. The third-order valence-electron chi connectivity index (χ3n) is 4.13. The van der Waals surface area contributed by atoms with Crippen LogP contribution >= 0.6 is 0 Å². The molecule has 1 N–H and O–H groups in total. The van der Waals surface area contributed by atoms with Gasteiger partial charge in [0, 0.05) is 37.1 Å². The monoisotopic (exact) mass is 499 g/mol. The van der Waals surface area contributed by atoms with Crippen molar-refractivity contribution in [3.63, 3.8) is 0 Å². The first-order chi connectivity index (χ1) is 15.6. The number of ether oxygens (including phenoxy) is 2. The van der Waals surface area contributed by atoms with E-state index in [9.17, 15) is 22.8 Å². The number of nitrogens with one attached hydrogen (secondary N) is 1. The van der Waals surface area contributed by atoms with Crippen LogP contribution in [-0.2, 0) is 19.5 Å². The summed E-state index contributed by atoms with van der Waals surface area (Å²) in [6.07, 6.45) is 1.37. The Bertz CT molecular complexity index is 1070. The van der Waals surface area contributed by atoms with E-state index >= 15 is 0 Å². The number of esters is 1. The Morgan fingerprint density at radius 3 is 2.26 bits per heavy atom. The maximum atomic E-state index is 12.5. The van der Waals surface area contributed by atoms with Crippen molar-refractivity contribution in [3.05, 3.63) is 64.1 Å². The van der Waals surface area contributed by atoms with Crippen molar-refractivity contribution in [1.29, 1.82) is 0 Å². The zero-order valence-corrected chi connectivity index (χ0v) is 22.4. The fourth-order valence-corrected chi connectivity index (χ4v) is 3.44. The van der Waals surface area contributed by atoms with Crippen LogP contribution in [-0.4, -0.2) is 57.0 Å². The van der Waals surface area contributed by atoms with Crippen LogP contribution in [0.1, 0.15) is 58.4 Å². The van der Waals surface area contributed by atoms with E-state index in [1.54, 1.807) is 13.8 Å². The minimum Gasteiger partial charge on any atom is -0.538 e. The molecule has 34 heavy (non-hydrogen) atoms. The molecule has 1 heterocycles. The molecule has 0 bridgehead atoms. The number of carbonyl (C=O) groups is 3. The van der Waals surface area contributed by atoms with Crippen LogP contribution in [0.25, 0.3) is 4.72 Å². The molecule has 2 aromatic rings. The number of benzene rings is 1. The average molecular weight is 500 g/mol. The molecule has 12 heteroatoms. The van der Waals surface area contributed by atoms with Gasteiger partial charge in [-0.25, -0.2) is 18.2 Å². The molecule has 0 unspecified atom stereocenters. The Labute approximate surface area is 221 Å². The zero-order valence-electron chi connectivity index (χ0n) is 19.6. The van der Waals surface area contributed by atoms with Gasteiger partial charge >= 0.3 is 35.5 Å². The first-order valence-electron chi connectivity index (χ1n) is 10.3. The Kier molecular flexibility index (Phi) is 12.4. The van der Waals surface area contributed by atoms with Crippen molar-refractivity contribution >= 4 is 27.8 Å². The van der Waals surface area contributed by atoms with Gasteiger partial charge in [0.1, 0.15) is 15.7 Å². The second kappa shape index (κ2) is 14.2. The third-order valence-corrected chi connectivity index (χ3v) is 5.41. The molecule has 2 rings (SSSR count). The van der Waals surface area contributed by atoms with E-state index in [1.807, 2.05) is 6.92 Å². The molecule has 10 nitrogen and oxygen atoms in total. The fourth-order valence-electron chi connectivity index (χ4n) is 2.53. The minimum atomic E-state index is -4.31. The molecule has 0 radical (unpaired) electrons. The maximum Gasteiger partial charge on any atom is 1.00 e. The summed E-state index contributed by atoms with van der Waals surface area (Å²) in [6.45, 7) is 6.80. The predicted octanol–water partition coefficient (Wildman–Crippen LogP) is -0.290. The van der Waals surface area contributed by atoms with E-state index in [2.05, 4.69) is 15.0 Å². The summed E-state index contributed by atoms with van der Waals surface area (Å²) >= 11 is 0. The molecule has 178 valence electrons. The molecule has 0 saturated carbocycles. The van der Waals surface area contributed by atoms with Crippen molar-refractivity contribution in [2.24, 2.45) is 0 Å². The molecular formula is C22H26N3NaO7S. The minimum absolute atomic E-state index is 0. The van der Waals surface area contributed by atoms with Crippen LogP contribution in [0.15, 0.2) is 47.5 Å². The number of carbonyl (C=O) groups excluding carboxylic acids is 3. The molecule has 0 spiro atoms. The number of rotatable bonds is 11. The molecule has 1 aromatic carbocycles. The van der Waals surface area contributed by atoms with E-state index in [0.29, 0.717) is 26.2 Å². The van der Waals surface area contributed by atoms with Crippen molar-refractivity contribution < 1.29 is 61.8 Å². The van der Waals surface area contributed by atoms with E-state index in [-0.39, 0.29) is 63.3 Å². The van der Waals surface area contributed by atoms with Gasteiger partial charge in [0.2, 0.25) is 0 Å². The van der Waals surface area contributed by atoms with Gasteiger partial charge in [-0.15, -0.1) is 0 Å². The van der Waals surface area contributed by atoms with Gasteiger partial charge in [-0.2, -0.15) is 0 Å². The molecule has 0 aliphatic rings. The molecule has 1 aromatic heterocycles. The summed E-state index contributed by atoms with van der Waals surface area (Å²) in [6, 6.07) is 7.56. The number of aromatic nitrogens is 1. The van der Waals surface area contributed by atoms with Gasteiger partial charge in [0.15, 0.2) is 0 Å². The van der Waals surface area contributed by atoms with E-state index < -0.39 is 21.9 Å². The average Bonchev–Trinajstić information content (AvgIpc) is 2.78. The number of amides is 2. The molecule has 0 aliphatic heterocycles. The van der Waals surface area contributed by atoms with Crippen LogP contribution in [0.5, 0.6) is 0 Å². The Hall–Kier alpha value is -2.31. The number of sulfonamides is 1. The SMILES string of the molecule is CCOCCCNC(=O)c1ccc(S(=O)(=O)[N-]C(=O)c2ccc(C(=O)OC(C)C)nc2)cc1.[Na+]. The molecular weight excluding hydrogens is 473 g/mol. The van der Waals surface area contributed by atoms with Crippen molar-refractivity contribution in [3.8, 4) is 0 Å².